The fourth-order valence-corrected chi connectivity index (χ4v) is 4.09. The smallest absolute Gasteiger partial charge is 0.126 e. The summed E-state index contributed by atoms with van der Waals surface area (Å²) in [6.45, 7) is 8.41. The minimum Gasteiger partial charge on any atom is -0.508 e. The molecule has 1 aliphatic heterocycles. The molecule has 4 nitrogen and oxygen atoms in total. The molecule has 2 rings (SSSR count). The zero-order valence-electron chi connectivity index (χ0n) is 19.7. The number of aromatic hydroxyl groups is 1. The van der Waals surface area contributed by atoms with E-state index in [9.17, 15) is 5.11 Å². The van der Waals surface area contributed by atoms with Crippen LogP contribution in [0.5, 0.6) is 11.5 Å². The van der Waals surface area contributed by atoms with Gasteiger partial charge < -0.3 is 20.1 Å². The zero-order valence-corrected chi connectivity index (χ0v) is 19.7. The lowest BCUT2D eigenvalue weighted by molar-refractivity contribution is 0.0561. The lowest BCUT2D eigenvalue weighted by Crippen LogP contribution is -2.36. The van der Waals surface area contributed by atoms with E-state index in [1.165, 1.54) is 11.1 Å². The molecule has 1 aromatic carbocycles. The molecule has 1 aliphatic rings. The standard InChI is InChI=1S/C27H40O4/c1-20(10-6-12-23(18-28)19-29)8-5-9-21(2)11-7-14-27(4)15-13-24-17-25(30)16-22(3)26(24)31-27/h8,11-12,16-17,28-30H,5-7,9-10,13-15,18-19H2,1-4H3/b20-8+,21-11+/t27-/m1/s1. The fourth-order valence-electron chi connectivity index (χ4n) is 4.09. The number of phenols is 1. The molecule has 0 saturated heterocycles. The summed E-state index contributed by atoms with van der Waals surface area (Å²) < 4.78 is 6.38. The third-order valence-corrected chi connectivity index (χ3v) is 6.18. The molecule has 1 aromatic rings. The molecule has 0 fully saturated rings. The number of allylic oxidation sites excluding steroid dienone is 5. The second kappa shape index (κ2) is 12.1. The number of hydrogen-bond acceptors (Lipinski definition) is 4. The van der Waals surface area contributed by atoms with Crippen LogP contribution >= 0.6 is 0 Å². The molecule has 172 valence electrons. The van der Waals surface area contributed by atoms with E-state index in [2.05, 4.69) is 32.9 Å². The Morgan fingerprint density at radius 1 is 1.00 bits per heavy atom. The molecular weight excluding hydrogens is 388 g/mol. The predicted octanol–water partition coefficient (Wildman–Crippen LogP) is 5.93. The minimum atomic E-state index is -0.155. The van der Waals surface area contributed by atoms with Gasteiger partial charge in [0.15, 0.2) is 0 Å². The number of fused-ring (bicyclic) bond motifs is 1. The molecule has 0 saturated carbocycles. The van der Waals surface area contributed by atoms with Crippen LogP contribution in [0.3, 0.4) is 0 Å². The third-order valence-electron chi connectivity index (χ3n) is 6.18. The van der Waals surface area contributed by atoms with Crippen molar-refractivity contribution in [1.82, 2.24) is 0 Å². The van der Waals surface area contributed by atoms with Gasteiger partial charge in [0, 0.05) is 0 Å². The van der Waals surface area contributed by atoms with Gasteiger partial charge in [0.2, 0.25) is 0 Å². The van der Waals surface area contributed by atoms with E-state index in [4.69, 9.17) is 14.9 Å². The maximum atomic E-state index is 9.80. The van der Waals surface area contributed by atoms with Gasteiger partial charge in [0.25, 0.3) is 0 Å². The fraction of sp³-hybridized carbons (Fsp3) is 0.556. The van der Waals surface area contributed by atoms with Crippen molar-refractivity contribution >= 4 is 0 Å². The zero-order chi connectivity index (χ0) is 22.9. The Morgan fingerprint density at radius 3 is 2.26 bits per heavy atom. The van der Waals surface area contributed by atoms with Gasteiger partial charge in [-0.2, -0.15) is 0 Å². The van der Waals surface area contributed by atoms with Gasteiger partial charge in [-0.25, -0.2) is 0 Å². The van der Waals surface area contributed by atoms with Gasteiger partial charge in [-0.1, -0.05) is 29.4 Å². The number of hydrogen-bond donors (Lipinski definition) is 3. The van der Waals surface area contributed by atoms with E-state index >= 15 is 0 Å². The second-order valence-corrected chi connectivity index (χ2v) is 9.20. The highest BCUT2D eigenvalue weighted by Gasteiger charge is 2.31. The van der Waals surface area contributed by atoms with Crippen LogP contribution in [0.2, 0.25) is 0 Å². The van der Waals surface area contributed by atoms with Gasteiger partial charge in [0.05, 0.1) is 13.2 Å². The summed E-state index contributed by atoms with van der Waals surface area (Å²) in [6.07, 6.45) is 14.4. The first-order valence-corrected chi connectivity index (χ1v) is 11.5. The highest BCUT2D eigenvalue weighted by molar-refractivity contribution is 5.47. The Balaban J connectivity index is 1.76. The first-order chi connectivity index (χ1) is 14.8. The molecule has 0 spiro atoms. The molecule has 31 heavy (non-hydrogen) atoms. The van der Waals surface area contributed by atoms with Gasteiger partial charge in [-0.3, -0.25) is 0 Å². The Bertz CT molecular complexity index is 813. The number of benzene rings is 1. The number of aliphatic hydroxyl groups excluding tert-OH is 2. The van der Waals surface area contributed by atoms with E-state index in [0.29, 0.717) is 11.3 Å². The van der Waals surface area contributed by atoms with Gasteiger partial charge >= 0.3 is 0 Å². The Morgan fingerprint density at radius 2 is 1.61 bits per heavy atom. The summed E-state index contributed by atoms with van der Waals surface area (Å²) in [6, 6.07) is 3.61. The number of phenolic OH excluding ortho intramolecular Hbond substituents is 1. The molecule has 1 heterocycles. The largest absolute Gasteiger partial charge is 0.508 e. The van der Waals surface area contributed by atoms with Crippen molar-refractivity contribution in [3.63, 3.8) is 0 Å². The topological polar surface area (TPSA) is 69.9 Å². The molecule has 0 aliphatic carbocycles. The predicted molar refractivity (Wildman–Crippen MR) is 128 cm³/mol. The van der Waals surface area contributed by atoms with Crippen molar-refractivity contribution in [1.29, 1.82) is 0 Å². The molecular formula is C27H40O4. The Hall–Kier alpha value is -2.04. The maximum absolute atomic E-state index is 9.80. The first-order valence-electron chi connectivity index (χ1n) is 11.5. The highest BCUT2D eigenvalue weighted by atomic mass is 16.5. The normalized spacial score (nSPS) is 19.0. The van der Waals surface area contributed by atoms with Crippen LogP contribution in [-0.4, -0.2) is 34.1 Å². The summed E-state index contributed by atoms with van der Waals surface area (Å²) in [5.41, 5.74) is 5.42. The Labute approximate surface area is 188 Å². The molecule has 0 aromatic heterocycles. The molecule has 1 atom stereocenters. The number of aryl methyl sites for hydroxylation is 2. The van der Waals surface area contributed by atoms with Gasteiger partial charge in [-0.15, -0.1) is 0 Å². The van der Waals surface area contributed by atoms with E-state index in [1.54, 1.807) is 6.07 Å². The minimum absolute atomic E-state index is 0.0664. The van der Waals surface area contributed by atoms with Crippen molar-refractivity contribution < 1.29 is 20.1 Å². The molecule has 4 heteroatoms. The quantitative estimate of drug-likeness (QED) is 0.382. The third kappa shape index (κ3) is 8.19. The first kappa shape index (κ1) is 25.2. The number of ether oxygens (including phenoxy) is 1. The van der Waals surface area contributed by atoms with E-state index in [-0.39, 0.29) is 18.8 Å². The maximum Gasteiger partial charge on any atom is 0.126 e. The van der Waals surface area contributed by atoms with Crippen molar-refractivity contribution in [2.75, 3.05) is 13.2 Å². The monoisotopic (exact) mass is 428 g/mol. The van der Waals surface area contributed by atoms with Crippen molar-refractivity contribution in [3.8, 4) is 11.5 Å². The summed E-state index contributed by atoms with van der Waals surface area (Å²) in [5, 5.41) is 27.9. The molecule has 0 amide bonds. The SMILES string of the molecule is C/C(=C\CC/C(C)=C/CC[C@]1(C)CCc2cc(O)cc(C)c2O1)CCC=C(CO)CO. The molecule has 0 bridgehead atoms. The summed E-state index contributed by atoms with van der Waals surface area (Å²) in [5.74, 6) is 1.27. The average molecular weight is 429 g/mol. The van der Waals surface area contributed by atoms with Crippen molar-refractivity contribution in [3.05, 3.63) is 58.2 Å². The summed E-state index contributed by atoms with van der Waals surface area (Å²) >= 11 is 0. The highest BCUT2D eigenvalue weighted by Crippen LogP contribution is 2.39. The van der Waals surface area contributed by atoms with Crippen LogP contribution in [0.25, 0.3) is 0 Å². The Kier molecular flexibility index (Phi) is 9.86. The second-order valence-electron chi connectivity index (χ2n) is 9.20. The van der Waals surface area contributed by atoms with Crippen molar-refractivity contribution in [2.45, 2.75) is 84.7 Å². The van der Waals surface area contributed by atoms with Crippen LogP contribution in [0.1, 0.15) is 76.8 Å². The molecule has 3 N–H and O–H groups in total. The van der Waals surface area contributed by atoms with Crippen LogP contribution in [0.15, 0.2) is 47.1 Å². The van der Waals surface area contributed by atoms with Crippen LogP contribution < -0.4 is 4.74 Å². The average Bonchev–Trinajstić information content (AvgIpc) is 2.72. The summed E-state index contributed by atoms with van der Waals surface area (Å²) in [7, 11) is 0. The van der Waals surface area contributed by atoms with E-state index in [0.717, 1.165) is 68.2 Å². The van der Waals surface area contributed by atoms with Gasteiger partial charge in [0.1, 0.15) is 17.1 Å². The van der Waals surface area contributed by atoms with Gasteiger partial charge in [-0.05, 0) is 108 Å². The van der Waals surface area contributed by atoms with E-state index < -0.39 is 0 Å². The van der Waals surface area contributed by atoms with Crippen LogP contribution in [-0.2, 0) is 6.42 Å². The van der Waals surface area contributed by atoms with Crippen LogP contribution in [0.4, 0.5) is 0 Å². The molecule has 0 radical (unpaired) electrons. The van der Waals surface area contributed by atoms with E-state index in [1.807, 2.05) is 19.1 Å². The number of rotatable bonds is 11. The number of aliphatic hydroxyl groups is 2. The lowest BCUT2D eigenvalue weighted by Gasteiger charge is -2.36. The van der Waals surface area contributed by atoms with Crippen LogP contribution in [0, 0.1) is 6.92 Å². The molecule has 0 unspecified atom stereocenters. The van der Waals surface area contributed by atoms with Crippen molar-refractivity contribution in [2.24, 2.45) is 0 Å². The lowest BCUT2D eigenvalue weighted by atomic mass is 9.87. The summed E-state index contributed by atoms with van der Waals surface area (Å²) in [4.78, 5) is 0.